The highest BCUT2D eigenvalue weighted by Crippen LogP contribution is 2.21. The maximum Gasteiger partial charge on any atom is 0.119 e. The maximum absolute atomic E-state index is 9.98. The van der Waals surface area contributed by atoms with Crippen LogP contribution in [-0.2, 0) is 0 Å². The number of nitrogens with zero attached hydrogens (tertiary/aromatic N) is 1. The molecule has 0 radical (unpaired) electrons. The predicted octanol–water partition coefficient (Wildman–Crippen LogP) is 2.07. The molecule has 0 fully saturated rings. The van der Waals surface area contributed by atoms with Gasteiger partial charge in [-0.05, 0) is 45.1 Å². The average Bonchev–Trinajstić information content (AvgIpc) is 2.26. The second-order valence-electron chi connectivity index (χ2n) is 4.11. The van der Waals surface area contributed by atoms with E-state index in [1.54, 1.807) is 0 Å². The molecule has 1 rings (SSSR count). The van der Waals surface area contributed by atoms with Crippen molar-refractivity contribution in [3.8, 4) is 5.75 Å². The molecule has 0 aromatic heterocycles. The first-order valence-electron chi connectivity index (χ1n) is 5.69. The minimum Gasteiger partial charge on any atom is -0.494 e. The van der Waals surface area contributed by atoms with E-state index in [0.717, 1.165) is 24.3 Å². The lowest BCUT2D eigenvalue weighted by Crippen LogP contribution is -2.15. The van der Waals surface area contributed by atoms with Gasteiger partial charge in [-0.1, -0.05) is 12.1 Å². The van der Waals surface area contributed by atoms with Crippen LogP contribution in [0.5, 0.6) is 5.75 Å². The van der Waals surface area contributed by atoms with Crippen molar-refractivity contribution in [1.29, 1.82) is 0 Å². The maximum atomic E-state index is 9.98. The Morgan fingerprint density at radius 2 is 2.12 bits per heavy atom. The van der Waals surface area contributed by atoms with Gasteiger partial charge in [-0.25, -0.2) is 0 Å². The van der Waals surface area contributed by atoms with Crippen molar-refractivity contribution in [1.82, 2.24) is 4.90 Å². The predicted molar refractivity (Wildman–Crippen MR) is 65.7 cm³/mol. The van der Waals surface area contributed by atoms with Crippen LogP contribution in [0.4, 0.5) is 0 Å². The highest BCUT2D eigenvalue weighted by molar-refractivity contribution is 5.29. The third-order valence-electron chi connectivity index (χ3n) is 2.40. The van der Waals surface area contributed by atoms with E-state index < -0.39 is 6.10 Å². The van der Waals surface area contributed by atoms with Gasteiger partial charge in [-0.3, -0.25) is 0 Å². The van der Waals surface area contributed by atoms with Gasteiger partial charge in [0.2, 0.25) is 0 Å². The van der Waals surface area contributed by atoms with Gasteiger partial charge in [0.1, 0.15) is 5.75 Å². The van der Waals surface area contributed by atoms with Crippen molar-refractivity contribution in [2.24, 2.45) is 0 Å². The van der Waals surface area contributed by atoms with E-state index in [2.05, 4.69) is 4.90 Å². The fraction of sp³-hybridized carbons (Fsp3) is 0.538. The first-order valence-corrected chi connectivity index (χ1v) is 5.69. The van der Waals surface area contributed by atoms with E-state index >= 15 is 0 Å². The number of aliphatic hydroxyl groups is 1. The molecule has 1 unspecified atom stereocenters. The molecule has 0 heterocycles. The fourth-order valence-corrected chi connectivity index (χ4v) is 1.53. The number of ether oxygens (including phenoxy) is 1. The second-order valence-corrected chi connectivity index (χ2v) is 4.11. The van der Waals surface area contributed by atoms with Crippen LogP contribution >= 0.6 is 0 Å². The van der Waals surface area contributed by atoms with E-state index in [1.807, 2.05) is 45.3 Å². The Kier molecular flexibility index (Phi) is 5.29. The Morgan fingerprint density at radius 1 is 1.38 bits per heavy atom. The van der Waals surface area contributed by atoms with E-state index in [9.17, 15) is 5.11 Å². The Bertz CT molecular complexity index is 313. The molecule has 0 saturated carbocycles. The second kappa shape index (κ2) is 6.51. The zero-order chi connectivity index (χ0) is 12.0. The zero-order valence-corrected chi connectivity index (χ0v) is 10.3. The fourth-order valence-electron chi connectivity index (χ4n) is 1.53. The lowest BCUT2D eigenvalue weighted by atomic mass is 10.1. The molecule has 1 atom stereocenters. The molecule has 0 spiro atoms. The quantitative estimate of drug-likeness (QED) is 0.801. The van der Waals surface area contributed by atoms with Crippen molar-refractivity contribution in [3.63, 3.8) is 0 Å². The number of aliphatic hydroxyl groups excluding tert-OH is 1. The van der Waals surface area contributed by atoms with Crippen LogP contribution in [0, 0.1) is 0 Å². The van der Waals surface area contributed by atoms with Gasteiger partial charge < -0.3 is 14.7 Å². The topological polar surface area (TPSA) is 32.7 Å². The highest BCUT2D eigenvalue weighted by Gasteiger charge is 2.08. The SMILES string of the molecule is CCOc1cccc(C(O)CCN(C)C)c1. The van der Waals surface area contributed by atoms with Crippen LogP contribution < -0.4 is 4.74 Å². The highest BCUT2D eigenvalue weighted by atomic mass is 16.5. The van der Waals surface area contributed by atoms with E-state index in [0.29, 0.717) is 6.61 Å². The lowest BCUT2D eigenvalue weighted by Gasteiger charge is -2.15. The summed E-state index contributed by atoms with van der Waals surface area (Å²) in [5, 5.41) is 9.98. The molecule has 0 saturated heterocycles. The van der Waals surface area contributed by atoms with Gasteiger partial charge in [0.15, 0.2) is 0 Å². The summed E-state index contributed by atoms with van der Waals surface area (Å²) in [6.07, 6.45) is 0.325. The van der Waals surface area contributed by atoms with Gasteiger partial charge in [0.25, 0.3) is 0 Å². The lowest BCUT2D eigenvalue weighted by molar-refractivity contribution is 0.154. The molecule has 1 aromatic rings. The Hall–Kier alpha value is -1.06. The monoisotopic (exact) mass is 223 g/mol. The molecule has 1 N–H and O–H groups in total. The van der Waals surface area contributed by atoms with Crippen LogP contribution in [-0.4, -0.2) is 37.3 Å². The minimum atomic E-state index is -0.414. The zero-order valence-electron chi connectivity index (χ0n) is 10.3. The summed E-state index contributed by atoms with van der Waals surface area (Å²) in [4.78, 5) is 2.07. The molecule has 3 heteroatoms. The Morgan fingerprint density at radius 3 is 2.75 bits per heavy atom. The van der Waals surface area contributed by atoms with E-state index in [-0.39, 0.29) is 0 Å². The number of benzene rings is 1. The summed E-state index contributed by atoms with van der Waals surface area (Å²) in [5.41, 5.74) is 0.924. The minimum absolute atomic E-state index is 0.414. The van der Waals surface area contributed by atoms with Gasteiger partial charge in [-0.2, -0.15) is 0 Å². The third-order valence-corrected chi connectivity index (χ3v) is 2.40. The Balaban J connectivity index is 2.60. The van der Waals surface area contributed by atoms with E-state index in [1.165, 1.54) is 0 Å². The number of rotatable bonds is 6. The molecule has 90 valence electrons. The third kappa shape index (κ3) is 4.21. The summed E-state index contributed by atoms with van der Waals surface area (Å²) in [7, 11) is 4.01. The Labute approximate surface area is 97.7 Å². The smallest absolute Gasteiger partial charge is 0.119 e. The van der Waals surface area contributed by atoms with Crippen LogP contribution in [0.2, 0.25) is 0 Å². The van der Waals surface area contributed by atoms with Gasteiger partial charge in [0.05, 0.1) is 12.7 Å². The molecule has 0 aliphatic rings. The molecule has 3 nitrogen and oxygen atoms in total. The van der Waals surface area contributed by atoms with Crippen LogP contribution in [0.25, 0.3) is 0 Å². The number of hydrogen-bond acceptors (Lipinski definition) is 3. The molecule has 0 aliphatic carbocycles. The van der Waals surface area contributed by atoms with Gasteiger partial charge >= 0.3 is 0 Å². The van der Waals surface area contributed by atoms with Crippen molar-refractivity contribution in [2.45, 2.75) is 19.4 Å². The molecule has 0 aliphatic heterocycles. The standard InChI is InChI=1S/C13H21NO2/c1-4-16-12-7-5-6-11(10-12)13(15)8-9-14(2)3/h5-7,10,13,15H,4,8-9H2,1-3H3. The molecular weight excluding hydrogens is 202 g/mol. The molecular formula is C13H21NO2. The largest absolute Gasteiger partial charge is 0.494 e. The molecule has 0 amide bonds. The summed E-state index contributed by atoms with van der Waals surface area (Å²) in [6.45, 7) is 3.48. The summed E-state index contributed by atoms with van der Waals surface area (Å²) >= 11 is 0. The van der Waals surface area contributed by atoms with Crippen LogP contribution in [0.3, 0.4) is 0 Å². The molecule has 16 heavy (non-hydrogen) atoms. The molecule has 0 bridgehead atoms. The summed E-state index contributed by atoms with van der Waals surface area (Å²) < 4.78 is 5.40. The first kappa shape index (κ1) is 13.0. The van der Waals surface area contributed by atoms with Crippen LogP contribution in [0.15, 0.2) is 24.3 Å². The van der Waals surface area contributed by atoms with Gasteiger partial charge in [0, 0.05) is 6.54 Å². The summed E-state index contributed by atoms with van der Waals surface area (Å²) in [5.74, 6) is 0.823. The summed E-state index contributed by atoms with van der Waals surface area (Å²) in [6, 6.07) is 7.66. The molecule has 1 aromatic carbocycles. The first-order chi connectivity index (χ1) is 7.63. The van der Waals surface area contributed by atoms with Crippen molar-refractivity contribution >= 4 is 0 Å². The van der Waals surface area contributed by atoms with E-state index in [4.69, 9.17) is 4.74 Å². The number of hydrogen-bond donors (Lipinski definition) is 1. The average molecular weight is 223 g/mol. The van der Waals surface area contributed by atoms with Crippen molar-refractivity contribution in [2.75, 3.05) is 27.2 Å². The van der Waals surface area contributed by atoms with Gasteiger partial charge in [-0.15, -0.1) is 0 Å². The van der Waals surface area contributed by atoms with Crippen LogP contribution in [0.1, 0.15) is 25.0 Å². The normalized spacial score (nSPS) is 12.8. The van der Waals surface area contributed by atoms with Crippen molar-refractivity contribution in [3.05, 3.63) is 29.8 Å². The van der Waals surface area contributed by atoms with Crippen molar-refractivity contribution < 1.29 is 9.84 Å².